The maximum absolute atomic E-state index is 10.7. The van der Waals surface area contributed by atoms with Crippen LogP contribution in [0.3, 0.4) is 0 Å². The lowest BCUT2D eigenvalue weighted by atomic mass is 10.2. The molecule has 0 saturated heterocycles. The quantitative estimate of drug-likeness (QED) is 0.460. The Morgan fingerprint density at radius 1 is 1.28 bits per heavy atom. The number of non-ortho nitro benzene ring substituents is 1. The van der Waals surface area contributed by atoms with Crippen LogP contribution < -0.4 is 14.4 Å². The molecule has 3 rings (SSSR count). The number of azo groups is 1. The Labute approximate surface area is 144 Å². The van der Waals surface area contributed by atoms with Gasteiger partial charge in [0.2, 0.25) is 0 Å². The van der Waals surface area contributed by atoms with E-state index in [0.717, 1.165) is 24.5 Å². The second kappa shape index (κ2) is 7.16. The minimum absolute atomic E-state index is 0.0124. The Bertz CT molecular complexity index is 805. The molecule has 0 unspecified atom stereocenters. The predicted octanol–water partition coefficient (Wildman–Crippen LogP) is 4.24. The molecule has 0 atom stereocenters. The molecular weight excluding hydrogens is 324 g/mol. The first-order chi connectivity index (χ1) is 12.1. The summed E-state index contributed by atoms with van der Waals surface area (Å²) in [5.74, 6) is 1.33. The number of benzene rings is 2. The summed E-state index contributed by atoms with van der Waals surface area (Å²) >= 11 is 0. The van der Waals surface area contributed by atoms with Crippen LogP contribution in [0.25, 0.3) is 0 Å². The molecule has 0 fully saturated rings. The van der Waals surface area contributed by atoms with Crippen molar-refractivity contribution in [2.75, 3.05) is 31.7 Å². The van der Waals surface area contributed by atoms with Crippen molar-refractivity contribution < 1.29 is 14.4 Å². The van der Waals surface area contributed by atoms with Gasteiger partial charge < -0.3 is 14.4 Å². The van der Waals surface area contributed by atoms with Crippen LogP contribution in [0.4, 0.5) is 22.7 Å². The zero-order valence-corrected chi connectivity index (χ0v) is 14.0. The van der Waals surface area contributed by atoms with Gasteiger partial charge in [-0.3, -0.25) is 10.1 Å². The number of ether oxygens (including phenoxy) is 2. The van der Waals surface area contributed by atoms with E-state index in [1.807, 2.05) is 6.07 Å². The molecule has 130 valence electrons. The van der Waals surface area contributed by atoms with Crippen LogP contribution in [0.15, 0.2) is 46.6 Å². The lowest BCUT2D eigenvalue weighted by Gasteiger charge is -2.30. The molecule has 8 heteroatoms. The third-order valence-electron chi connectivity index (χ3n) is 3.94. The molecule has 0 bridgehead atoms. The lowest BCUT2D eigenvalue weighted by molar-refractivity contribution is -0.384. The first-order valence-corrected chi connectivity index (χ1v) is 7.88. The van der Waals surface area contributed by atoms with Crippen molar-refractivity contribution in [3.63, 3.8) is 0 Å². The Morgan fingerprint density at radius 3 is 2.68 bits per heavy atom. The number of nitro benzene ring substituents is 1. The van der Waals surface area contributed by atoms with Gasteiger partial charge in [0.15, 0.2) is 0 Å². The normalized spacial score (nSPS) is 13.4. The Morgan fingerprint density at radius 2 is 2.04 bits per heavy atom. The number of nitrogens with zero attached hydrogens (tertiary/aromatic N) is 4. The van der Waals surface area contributed by atoms with Crippen LogP contribution in [0.1, 0.15) is 6.92 Å². The minimum Gasteiger partial charge on any atom is -0.494 e. The Kier molecular flexibility index (Phi) is 4.78. The van der Waals surface area contributed by atoms with E-state index in [-0.39, 0.29) is 5.69 Å². The van der Waals surface area contributed by atoms with Crippen molar-refractivity contribution in [1.82, 2.24) is 0 Å². The highest BCUT2D eigenvalue weighted by molar-refractivity contribution is 5.70. The number of methoxy groups -OCH3 is 1. The van der Waals surface area contributed by atoms with Crippen LogP contribution in [0, 0.1) is 10.1 Å². The lowest BCUT2D eigenvalue weighted by Crippen LogP contribution is -2.32. The molecule has 2 aromatic rings. The summed E-state index contributed by atoms with van der Waals surface area (Å²) in [6.07, 6.45) is 0. The second-order valence-electron chi connectivity index (χ2n) is 5.39. The summed E-state index contributed by atoms with van der Waals surface area (Å²) in [5, 5.41) is 19.0. The third kappa shape index (κ3) is 3.52. The fourth-order valence-corrected chi connectivity index (χ4v) is 2.61. The Balaban J connectivity index is 1.90. The average molecular weight is 342 g/mol. The van der Waals surface area contributed by atoms with Crippen LogP contribution in [0.2, 0.25) is 0 Å². The summed E-state index contributed by atoms with van der Waals surface area (Å²) in [4.78, 5) is 12.4. The number of hydrogen-bond acceptors (Lipinski definition) is 7. The Hall–Kier alpha value is -3.16. The van der Waals surface area contributed by atoms with E-state index < -0.39 is 4.92 Å². The molecule has 0 N–H and O–H groups in total. The van der Waals surface area contributed by atoms with Crippen molar-refractivity contribution in [1.29, 1.82) is 0 Å². The predicted molar refractivity (Wildman–Crippen MR) is 93.6 cm³/mol. The van der Waals surface area contributed by atoms with E-state index in [9.17, 15) is 10.1 Å². The van der Waals surface area contributed by atoms with Crippen molar-refractivity contribution in [2.45, 2.75) is 6.92 Å². The van der Waals surface area contributed by atoms with Gasteiger partial charge in [0.25, 0.3) is 5.69 Å². The molecule has 25 heavy (non-hydrogen) atoms. The number of anilines is 1. The molecule has 0 aliphatic carbocycles. The molecule has 1 aliphatic heterocycles. The highest BCUT2D eigenvalue weighted by Crippen LogP contribution is 2.42. The highest BCUT2D eigenvalue weighted by Gasteiger charge is 2.20. The molecule has 2 aromatic carbocycles. The van der Waals surface area contributed by atoms with Gasteiger partial charge in [-0.2, -0.15) is 5.11 Å². The maximum atomic E-state index is 10.7. The third-order valence-corrected chi connectivity index (χ3v) is 3.94. The average Bonchev–Trinajstić information content (AvgIpc) is 2.65. The molecule has 1 heterocycles. The largest absolute Gasteiger partial charge is 0.494 e. The van der Waals surface area contributed by atoms with E-state index in [4.69, 9.17) is 9.47 Å². The minimum atomic E-state index is -0.454. The highest BCUT2D eigenvalue weighted by atomic mass is 16.6. The van der Waals surface area contributed by atoms with Crippen LogP contribution in [-0.4, -0.2) is 31.7 Å². The van der Waals surface area contributed by atoms with E-state index >= 15 is 0 Å². The van der Waals surface area contributed by atoms with Gasteiger partial charge >= 0.3 is 0 Å². The van der Waals surface area contributed by atoms with Gasteiger partial charge in [-0.15, -0.1) is 5.11 Å². The van der Waals surface area contributed by atoms with Gasteiger partial charge in [-0.05, 0) is 19.1 Å². The van der Waals surface area contributed by atoms with Crippen LogP contribution >= 0.6 is 0 Å². The summed E-state index contributed by atoms with van der Waals surface area (Å²) in [6.45, 7) is 4.41. The smallest absolute Gasteiger partial charge is 0.269 e. The van der Waals surface area contributed by atoms with Gasteiger partial charge in [0.05, 0.1) is 30.0 Å². The molecule has 0 radical (unpaired) electrons. The number of fused-ring (bicyclic) bond motifs is 1. The fraction of sp³-hybridized carbons (Fsp3) is 0.294. The molecule has 0 saturated carbocycles. The van der Waals surface area contributed by atoms with Crippen molar-refractivity contribution in [3.05, 3.63) is 46.5 Å². The maximum Gasteiger partial charge on any atom is 0.269 e. The fourth-order valence-electron chi connectivity index (χ4n) is 2.61. The van der Waals surface area contributed by atoms with Gasteiger partial charge in [-0.1, -0.05) is 0 Å². The molecule has 0 aromatic heterocycles. The van der Waals surface area contributed by atoms with Crippen LogP contribution in [-0.2, 0) is 0 Å². The van der Waals surface area contributed by atoms with Gasteiger partial charge in [0.1, 0.15) is 23.8 Å². The van der Waals surface area contributed by atoms with E-state index in [1.165, 1.54) is 12.1 Å². The summed E-state index contributed by atoms with van der Waals surface area (Å²) in [7, 11) is 1.58. The zero-order valence-electron chi connectivity index (χ0n) is 14.0. The van der Waals surface area contributed by atoms with Crippen LogP contribution in [0.5, 0.6) is 11.5 Å². The van der Waals surface area contributed by atoms with E-state index in [1.54, 1.807) is 25.3 Å². The standard InChI is InChI=1S/C17H18N4O4/c1-3-20-8-9-25-17-10-14(16(24-2)11-15(17)20)19-18-12-4-6-13(7-5-12)21(22)23/h4-7,10-11H,3,8-9H2,1-2H3/b19-18+. The molecule has 0 amide bonds. The number of nitro groups is 1. The van der Waals surface area contributed by atoms with Crippen molar-refractivity contribution >= 4 is 22.7 Å². The molecule has 8 nitrogen and oxygen atoms in total. The monoisotopic (exact) mass is 342 g/mol. The number of hydrogen-bond donors (Lipinski definition) is 0. The topological polar surface area (TPSA) is 89.6 Å². The molecule has 1 aliphatic rings. The number of rotatable bonds is 5. The molecular formula is C17H18N4O4. The first-order valence-electron chi connectivity index (χ1n) is 7.88. The number of likely N-dealkylation sites (N-methyl/N-ethyl adjacent to an activating group) is 1. The van der Waals surface area contributed by atoms with Gasteiger partial charge in [0, 0.05) is 30.8 Å². The summed E-state index contributed by atoms with van der Waals surface area (Å²) in [6, 6.07) is 9.55. The summed E-state index contributed by atoms with van der Waals surface area (Å²) < 4.78 is 11.1. The van der Waals surface area contributed by atoms with E-state index in [2.05, 4.69) is 22.1 Å². The van der Waals surface area contributed by atoms with E-state index in [0.29, 0.717) is 23.7 Å². The summed E-state index contributed by atoms with van der Waals surface area (Å²) in [5.41, 5.74) is 2.04. The van der Waals surface area contributed by atoms with Crippen molar-refractivity contribution in [3.8, 4) is 11.5 Å². The first kappa shape index (κ1) is 16.7. The molecule has 0 spiro atoms. The zero-order chi connectivity index (χ0) is 17.8. The SMILES string of the molecule is CCN1CCOc2cc(/N=N/c3ccc([N+](=O)[O-])cc3)c(OC)cc21. The van der Waals surface area contributed by atoms with Gasteiger partial charge in [-0.25, -0.2) is 0 Å². The van der Waals surface area contributed by atoms with Crippen molar-refractivity contribution in [2.24, 2.45) is 10.2 Å². The second-order valence-corrected chi connectivity index (χ2v) is 5.39.